The molecule has 192 valence electrons. The number of fused-ring (bicyclic) bond motifs is 1. The van der Waals surface area contributed by atoms with E-state index in [1.807, 2.05) is 52.8 Å². The minimum absolute atomic E-state index is 0.0770. The quantitative estimate of drug-likeness (QED) is 0.406. The van der Waals surface area contributed by atoms with Crippen LogP contribution in [0.1, 0.15) is 51.7 Å². The predicted octanol–water partition coefficient (Wildman–Crippen LogP) is 4.38. The van der Waals surface area contributed by atoms with E-state index in [0.717, 1.165) is 29.6 Å². The molecule has 4 N–H and O–H groups in total. The third kappa shape index (κ3) is 6.20. The van der Waals surface area contributed by atoms with Crippen LogP contribution in [0.2, 0.25) is 0 Å². The first kappa shape index (κ1) is 25.6. The van der Waals surface area contributed by atoms with Crippen molar-refractivity contribution < 1.29 is 18.7 Å². The molecule has 2 atom stereocenters. The van der Waals surface area contributed by atoms with Crippen LogP contribution in [0.5, 0.6) is 0 Å². The molecule has 1 aromatic heterocycles. The molecule has 0 saturated carbocycles. The molecule has 1 saturated heterocycles. The number of hydrogen-bond acceptors (Lipinski definition) is 5. The highest BCUT2D eigenvalue weighted by Crippen LogP contribution is 2.27. The number of ether oxygens (including phenoxy) is 1. The summed E-state index contributed by atoms with van der Waals surface area (Å²) in [6.07, 6.45) is 0.362. The Balaban J connectivity index is 1.33. The van der Waals surface area contributed by atoms with Crippen LogP contribution >= 0.6 is 0 Å². The Bertz CT molecular complexity index is 1250. The number of benzene rings is 2. The summed E-state index contributed by atoms with van der Waals surface area (Å²) in [6, 6.07) is 12.0. The first-order valence-electron chi connectivity index (χ1n) is 12.2. The van der Waals surface area contributed by atoms with Gasteiger partial charge in [0.1, 0.15) is 11.4 Å². The van der Waals surface area contributed by atoms with Crippen molar-refractivity contribution in [3.63, 3.8) is 0 Å². The van der Waals surface area contributed by atoms with E-state index in [-0.39, 0.29) is 29.5 Å². The lowest BCUT2D eigenvalue weighted by atomic mass is 9.85. The number of rotatable bonds is 6. The molecule has 4 rings (SSSR count). The fourth-order valence-electron chi connectivity index (χ4n) is 4.43. The van der Waals surface area contributed by atoms with Gasteiger partial charge in [0.15, 0.2) is 5.82 Å². The molecule has 2 heterocycles. The Morgan fingerprint density at radius 1 is 1.08 bits per heavy atom. The van der Waals surface area contributed by atoms with E-state index < -0.39 is 17.2 Å². The molecule has 2 aromatic carbocycles. The Morgan fingerprint density at radius 3 is 2.47 bits per heavy atom. The topological polar surface area (TPSA) is 108 Å². The standard InChI is InChI=1S/C27H34FN5O3/c1-26(2,3)36-25(35)33-27(4,5)18-13-20(29-14-18)15-30-24(34)23-31-21-11-8-17(12-22(21)32-23)16-6-9-19(28)10-7-16/h6-12,18,20,29H,13-15H2,1-5H3,(H,30,34)(H,31,32)(H,33,35)/t18?,20-/m0/s1. The van der Waals surface area contributed by atoms with Crippen molar-refractivity contribution in [2.45, 2.75) is 58.2 Å². The summed E-state index contributed by atoms with van der Waals surface area (Å²) in [4.78, 5) is 32.5. The lowest BCUT2D eigenvalue weighted by Gasteiger charge is -2.33. The number of aromatic amines is 1. The molecule has 0 bridgehead atoms. The van der Waals surface area contributed by atoms with Gasteiger partial charge in [-0.15, -0.1) is 0 Å². The largest absolute Gasteiger partial charge is 0.444 e. The summed E-state index contributed by atoms with van der Waals surface area (Å²) in [7, 11) is 0. The number of halogens is 1. The molecule has 1 unspecified atom stereocenters. The zero-order valence-corrected chi connectivity index (χ0v) is 21.4. The summed E-state index contributed by atoms with van der Waals surface area (Å²) in [5, 5.41) is 9.36. The zero-order chi connectivity index (χ0) is 26.1. The van der Waals surface area contributed by atoms with Crippen LogP contribution in [0.3, 0.4) is 0 Å². The molecule has 0 aliphatic carbocycles. The van der Waals surface area contributed by atoms with E-state index in [9.17, 15) is 14.0 Å². The van der Waals surface area contributed by atoms with Crippen LogP contribution < -0.4 is 16.0 Å². The molecule has 1 aliphatic heterocycles. The first-order chi connectivity index (χ1) is 16.9. The van der Waals surface area contributed by atoms with Gasteiger partial charge in [-0.25, -0.2) is 14.2 Å². The van der Waals surface area contributed by atoms with E-state index in [1.54, 1.807) is 12.1 Å². The number of amides is 2. The number of aromatic nitrogens is 2. The number of H-pyrrole nitrogens is 1. The maximum absolute atomic E-state index is 13.2. The smallest absolute Gasteiger partial charge is 0.408 e. The van der Waals surface area contributed by atoms with Crippen LogP contribution in [0.15, 0.2) is 42.5 Å². The maximum Gasteiger partial charge on any atom is 0.408 e. The average Bonchev–Trinajstić information content (AvgIpc) is 3.43. The van der Waals surface area contributed by atoms with E-state index in [1.165, 1.54) is 12.1 Å². The Kier molecular flexibility index (Phi) is 7.04. The molecule has 1 fully saturated rings. The molecule has 0 radical (unpaired) electrons. The minimum Gasteiger partial charge on any atom is -0.444 e. The van der Waals surface area contributed by atoms with Gasteiger partial charge in [-0.3, -0.25) is 4.79 Å². The normalized spacial score (nSPS) is 18.3. The summed E-state index contributed by atoms with van der Waals surface area (Å²) in [5.41, 5.74) is 2.18. The van der Waals surface area contributed by atoms with Gasteiger partial charge in [-0.2, -0.15) is 0 Å². The van der Waals surface area contributed by atoms with Gasteiger partial charge >= 0.3 is 6.09 Å². The van der Waals surface area contributed by atoms with Crippen LogP contribution in [0, 0.1) is 11.7 Å². The van der Waals surface area contributed by atoms with Crippen LogP contribution in [-0.4, -0.2) is 52.2 Å². The highest BCUT2D eigenvalue weighted by molar-refractivity contribution is 5.95. The Labute approximate surface area is 210 Å². The number of carbonyl (C=O) groups excluding carboxylic acids is 2. The van der Waals surface area contributed by atoms with Crippen molar-refractivity contribution >= 4 is 23.0 Å². The van der Waals surface area contributed by atoms with Gasteiger partial charge in [-0.05, 0) is 82.3 Å². The molecular formula is C27H34FN5O3. The first-order valence-corrected chi connectivity index (χ1v) is 12.2. The van der Waals surface area contributed by atoms with Crippen LogP contribution in [-0.2, 0) is 4.74 Å². The van der Waals surface area contributed by atoms with E-state index in [4.69, 9.17) is 4.74 Å². The number of hydrogen-bond donors (Lipinski definition) is 4. The molecule has 9 heteroatoms. The lowest BCUT2D eigenvalue weighted by Crippen LogP contribution is -2.51. The fourth-order valence-corrected chi connectivity index (χ4v) is 4.43. The lowest BCUT2D eigenvalue weighted by molar-refractivity contribution is 0.0440. The van der Waals surface area contributed by atoms with Crippen LogP contribution in [0.4, 0.5) is 9.18 Å². The number of imidazole rings is 1. The monoisotopic (exact) mass is 495 g/mol. The third-order valence-corrected chi connectivity index (χ3v) is 6.45. The van der Waals surface area contributed by atoms with Crippen molar-refractivity contribution in [1.82, 2.24) is 25.9 Å². The summed E-state index contributed by atoms with van der Waals surface area (Å²) in [5.74, 6) is -0.150. The minimum atomic E-state index is -0.555. The second-order valence-electron chi connectivity index (χ2n) is 10.9. The van der Waals surface area contributed by atoms with Crippen LogP contribution in [0.25, 0.3) is 22.2 Å². The van der Waals surface area contributed by atoms with Crippen molar-refractivity contribution in [3.8, 4) is 11.1 Å². The summed E-state index contributed by atoms with van der Waals surface area (Å²) >= 11 is 0. The van der Waals surface area contributed by atoms with Crippen molar-refractivity contribution in [2.24, 2.45) is 5.92 Å². The van der Waals surface area contributed by atoms with Gasteiger partial charge in [0.05, 0.1) is 11.0 Å². The maximum atomic E-state index is 13.2. The number of carbonyl (C=O) groups is 2. The van der Waals surface area contributed by atoms with Gasteiger partial charge in [0.2, 0.25) is 0 Å². The average molecular weight is 496 g/mol. The van der Waals surface area contributed by atoms with Crippen molar-refractivity contribution in [3.05, 3.63) is 54.1 Å². The van der Waals surface area contributed by atoms with Gasteiger partial charge in [0, 0.05) is 24.7 Å². The second kappa shape index (κ2) is 9.89. The third-order valence-electron chi connectivity index (χ3n) is 6.45. The Morgan fingerprint density at radius 2 is 1.78 bits per heavy atom. The molecule has 1 aliphatic rings. The number of nitrogens with zero attached hydrogens (tertiary/aromatic N) is 1. The molecule has 0 spiro atoms. The van der Waals surface area contributed by atoms with Gasteiger partial charge < -0.3 is 25.7 Å². The van der Waals surface area contributed by atoms with E-state index in [2.05, 4.69) is 25.9 Å². The molecule has 36 heavy (non-hydrogen) atoms. The molecule has 3 aromatic rings. The van der Waals surface area contributed by atoms with Crippen molar-refractivity contribution in [1.29, 1.82) is 0 Å². The van der Waals surface area contributed by atoms with Crippen molar-refractivity contribution in [2.75, 3.05) is 13.1 Å². The zero-order valence-electron chi connectivity index (χ0n) is 21.4. The fraction of sp³-hybridized carbons (Fsp3) is 0.444. The Hall–Kier alpha value is -3.46. The number of alkyl carbamates (subject to hydrolysis) is 1. The highest BCUT2D eigenvalue weighted by Gasteiger charge is 2.38. The SMILES string of the molecule is CC(C)(C)OC(=O)NC(C)(C)C1CN[C@H](CNC(=O)c2nc3ccc(-c4ccc(F)cc4)cc3[nH]2)C1. The molecular weight excluding hydrogens is 461 g/mol. The van der Waals surface area contributed by atoms with Gasteiger partial charge in [-0.1, -0.05) is 18.2 Å². The molecule has 8 nitrogen and oxygen atoms in total. The number of nitrogens with one attached hydrogen (secondary N) is 4. The molecule has 2 amide bonds. The predicted molar refractivity (Wildman–Crippen MR) is 137 cm³/mol. The highest BCUT2D eigenvalue weighted by atomic mass is 19.1. The second-order valence-corrected chi connectivity index (χ2v) is 10.9. The summed E-state index contributed by atoms with van der Waals surface area (Å²) < 4.78 is 18.6. The van der Waals surface area contributed by atoms with E-state index >= 15 is 0 Å². The summed E-state index contributed by atoms with van der Waals surface area (Å²) in [6.45, 7) is 10.6. The van der Waals surface area contributed by atoms with Gasteiger partial charge in [0.25, 0.3) is 5.91 Å². The van der Waals surface area contributed by atoms with E-state index in [0.29, 0.717) is 12.1 Å².